The first kappa shape index (κ1) is 16.8. The van der Waals surface area contributed by atoms with Crippen LogP contribution in [0, 0.1) is 5.92 Å². The summed E-state index contributed by atoms with van der Waals surface area (Å²) in [7, 11) is 0. The van der Waals surface area contributed by atoms with Crippen molar-refractivity contribution in [1.29, 1.82) is 0 Å². The zero-order valence-corrected chi connectivity index (χ0v) is 13.4. The maximum Gasteiger partial charge on any atom is 0.409 e. The molecule has 7 heteroatoms. The highest BCUT2D eigenvalue weighted by Crippen LogP contribution is 2.31. The number of nitrogens with one attached hydrogen (secondary N) is 1. The molecule has 0 aliphatic heterocycles. The van der Waals surface area contributed by atoms with E-state index in [1.54, 1.807) is 29.7 Å². The number of hydroxylamine groups is 1. The number of carbonyl (C=O) groups excluding carboxylic acids is 2. The van der Waals surface area contributed by atoms with Gasteiger partial charge in [0.05, 0.1) is 0 Å². The summed E-state index contributed by atoms with van der Waals surface area (Å²) in [4.78, 5) is 22.3. The van der Waals surface area contributed by atoms with E-state index in [1.165, 1.54) is 5.56 Å². The standard InChI is InChI=1S/C18H18N2O5/c19-18(22)25-15-7-5-14(6-8-15)24-16-4-3-11-1-2-12(17(21)20-23)9-13(11)10-16/h3-8,10,12,23H,1-2,9H2,(H2,19,22)(H,20,21). The summed E-state index contributed by atoms with van der Waals surface area (Å²) in [6.45, 7) is 0. The monoisotopic (exact) mass is 342 g/mol. The van der Waals surface area contributed by atoms with E-state index in [4.69, 9.17) is 20.4 Å². The topological polar surface area (TPSA) is 111 Å². The highest BCUT2D eigenvalue weighted by Gasteiger charge is 2.24. The summed E-state index contributed by atoms with van der Waals surface area (Å²) < 4.78 is 10.6. The Morgan fingerprint density at radius 3 is 2.40 bits per heavy atom. The molecule has 0 spiro atoms. The van der Waals surface area contributed by atoms with Crippen LogP contribution >= 0.6 is 0 Å². The Bertz CT molecular complexity index is 789. The summed E-state index contributed by atoms with van der Waals surface area (Å²) in [6, 6.07) is 12.3. The molecule has 0 radical (unpaired) electrons. The van der Waals surface area contributed by atoms with Gasteiger partial charge in [0.2, 0.25) is 5.91 Å². The third kappa shape index (κ3) is 4.07. The van der Waals surface area contributed by atoms with Gasteiger partial charge in [0.25, 0.3) is 0 Å². The van der Waals surface area contributed by atoms with Crippen LogP contribution in [-0.2, 0) is 17.6 Å². The third-order valence-electron chi connectivity index (χ3n) is 4.17. The lowest BCUT2D eigenvalue weighted by molar-refractivity contribution is -0.133. The van der Waals surface area contributed by atoms with Crippen molar-refractivity contribution in [3.05, 3.63) is 53.6 Å². The van der Waals surface area contributed by atoms with E-state index >= 15 is 0 Å². The quantitative estimate of drug-likeness (QED) is 0.584. The molecule has 3 rings (SSSR count). The Kier molecular flexibility index (Phi) is 4.85. The second kappa shape index (κ2) is 7.23. The number of aryl methyl sites for hydroxylation is 1. The van der Waals surface area contributed by atoms with Gasteiger partial charge in [0.1, 0.15) is 17.2 Å². The maximum absolute atomic E-state index is 11.6. The smallest absolute Gasteiger partial charge is 0.409 e. The molecule has 7 nitrogen and oxygen atoms in total. The molecule has 1 aliphatic carbocycles. The average Bonchev–Trinajstić information content (AvgIpc) is 2.61. The zero-order valence-electron chi connectivity index (χ0n) is 13.4. The SMILES string of the molecule is NC(=O)Oc1ccc(Oc2ccc3c(c2)CC(C(=O)NO)CC3)cc1. The molecule has 0 saturated carbocycles. The minimum atomic E-state index is -0.871. The molecular formula is C18H18N2O5. The van der Waals surface area contributed by atoms with Crippen molar-refractivity contribution in [2.75, 3.05) is 0 Å². The number of fused-ring (bicyclic) bond motifs is 1. The van der Waals surface area contributed by atoms with Crippen LogP contribution in [0.3, 0.4) is 0 Å². The first-order valence-electron chi connectivity index (χ1n) is 7.86. The van der Waals surface area contributed by atoms with Crippen LogP contribution in [0.25, 0.3) is 0 Å². The predicted octanol–water partition coefficient (Wildman–Crippen LogP) is 2.55. The molecule has 1 aliphatic rings. The highest BCUT2D eigenvalue weighted by atomic mass is 16.5. The molecular weight excluding hydrogens is 324 g/mol. The van der Waals surface area contributed by atoms with Gasteiger partial charge >= 0.3 is 6.09 Å². The molecule has 0 bridgehead atoms. The van der Waals surface area contributed by atoms with E-state index in [0.717, 1.165) is 12.0 Å². The number of hydrogen-bond donors (Lipinski definition) is 3. The number of rotatable bonds is 4. The van der Waals surface area contributed by atoms with Gasteiger partial charge in [-0.05, 0) is 66.8 Å². The summed E-state index contributed by atoms with van der Waals surface area (Å²) in [6.07, 6.45) is 1.18. The Morgan fingerprint density at radius 2 is 1.72 bits per heavy atom. The lowest BCUT2D eigenvalue weighted by Gasteiger charge is -2.23. The van der Waals surface area contributed by atoms with Crippen LogP contribution in [-0.4, -0.2) is 17.2 Å². The molecule has 0 fully saturated rings. The Hall–Kier alpha value is -3.06. The number of benzene rings is 2. The van der Waals surface area contributed by atoms with Crippen LogP contribution in [0.5, 0.6) is 17.2 Å². The van der Waals surface area contributed by atoms with Gasteiger partial charge in [0, 0.05) is 5.92 Å². The van der Waals surface area contributed by atoms with E-state index in [1.807, 2.05) is 18.2 Å². The lowest BCUT2D eigenvalue weighted by Crippen LogP contribution is -2.31. The van der Waals surface area contributed by atoms with E-state index in [0.29, 0.717) is 30.1 Å². The molecule has 0 aromatic heterocycles. The fourth-order valence-corrected chi connectivity index (χ4v) is 2.94. The van der Waals surface area contributed by atoms with E-state index < -0.39 is 6.09 Å². The van der Waals surface area contributed by atoms with Crippen LogP contribution in [0.1, 0.15) is 17.5 Å². The minimum absolute atomic E-state index is 0.238. The van der Waals surface area contributed by atoms with Crippen LogP contribution in [0.2, 0.25) is 0 Å². The summed E-state index contributed by atoms with van der Waals surface area (Å²) in [5.41, 5.74) is 8.89. The Morgan fingerprint density at radius 1 is 1.04 bits per heavy atom. The van der Waals surface area contributed by atoms with Crippen molar-refractivity contribution in [3.63, 3.8) is 0 Å². The first-order chi connectivity index (χ1) is 12.0. The lowest BCUT2D eigenvalue weighted by atomic mass is 9.83. The van der Waals surface area contributed by atoms with Gasteiger partial charge in [-0.25, -0.2) is 10.3 Å². The predicted molar refractivity (Wildman–Crippen MR) is 88.6 cm³/mol. The van der Waals surface area contributed by atoms with Crippen molar-refractivity contribution >= 4 is 12.0 Å². The molecule has 2 aromatic rings. The zero-order chi connectivity index (χ0) is 17.8. The van der Waals surface area contributed by atoms with Gasteiger partial charge in [0.15, 0.2) is 0 Å². The van der Waals surface area contributed by atoms with Crippen molar-refractivity contribution in [2.45, 2.75) is 19.3 Å². The average molecular weight is 342 g/mol. The Balaban J connectivity index is 1.72. The molecule has 0 saturated heterocycles. The molecule has 2 amide bonds. The number of hydrogen-bond acceptors (Lipinski definition) is 5. The highest BCUT2D eigenvalue weighted by molar-refractivity contribution is 5.78. The summed E-state index contributed by atoms with van der Waals surface area (Å²) in [5.74, 6) is 0.966. The van der Waals surface area contributed by atoms with Gasteiger partial charge in [-0.2, -0.15) is 0 Å². The summed E-state index contributed by atoms with van der Waals surface area (Å²) in [5, 5.41) is 8.80. The number of ether oxygens (including phenoxy) is 2. The fourth-order valence-electron chi connectivity index (χ4n) is 2.94. The van der Waals surface area contributed by atoms with Gasteiger partial charge in [-0.3, -0.25) is 10.0 Å². The second-order valence-electron chi connectivity index (χ2n) is 5.84. The van der Waals surface area contributed by atoms with Gasteiger partial charge in [-0.15, -0.1) is 0 Å². The molecule has 2 aromatic carbocycles. The molecule has 25 heavy (non-hydrogen) atoms. The number of primary amides is 1. The molecule has 130 valence electrons. The first-order valence-corrected chi connectivity index (χ1v) is 7.86. The molecule has 4 N–H and O–H groups in total. The maximum atomic E-state index is 11.6. The van der Waals surface area contributed by atoms with Crippen molar-refractivity contribution < 1.29 is 24.3 Å². The minimum Gasteiger partial charge on any atom is -0.457 e. The number of carbonyl (C=O) groups is 2. The summed E-state index contributed by atoms with van der Waals surface area (Å²) >= 11 is 0. The van der Waals surface area contributed by atoms with Crippen LogP contribution < -0.4 is 20.7 Å². The molecule has 1 atom stereocenters. The molecule has 0 heterocycles. The van der Waals surface area contributed by atoms with Crippen LogP contribution in [0.15, 0.2) is 42.5 Å². The van der Waals surface area contributed by atoms with Gasteiger partial charge < -0.3 is 15.2 Å². The third-order valence-corrected chi connectivity index (χ3v) is 4.17. The fraction of sp³-hybridized carbons (Fsp3) is 0.222. The largest absolute Gasteiger partial charge is 0.457 e. The number of nitrogens with two attached hydrogens (primary N) is 1. The van der Waals surface area contributed by atoms with E-state index in [9.17, 15) is 9.59 Å². The van der Waals surface area contributed by atoms with Crippen LogP contribution in [0.4, 0.5) is 4.79 Å². The number of amides is 2. The second-order valence-corrected chi connectivity index (χ2v) is 5.84. The van der Waals surface area contributed by atoms with E-state index in [-0.39, 0.29) is 11.8 Å². The van der Waals surface area contributed by atoms with Gasteiger partial charge in [-0.1, -0.05) is 6.07 Å². The van der Waals surface area contributed by atoms with Crippen molar-refractivity contribution in [3.8, 4) is 17.2 Å². The van der Waals surface area contributed by atoms with Crippen molar-refractivity contribution in [2.24, 2.45) is 11.7 Å². The molecule has 1 unspecified atom stereocenters. The normalized spacial score (nSPS) is 15.8. The van der Waals surface area contributed by atoms with E-state index in [2.05, 4.69) is 0 Å². The van der Waals surface area contributed by atoms with Crippen molar-refractivity contribution in [1.82, 2.24) is 5.48 Å². The Labute approximate surface area is 144 Å².